The fourth-order valence-electron chi connectivity index (χ4n) is 13.5. The molecule has 0 bridgehead atoms. The van der Waals surface area contributed by atoms with Crippen molar-refractivity contribution in [2.45, 2.75) is 160 Å². The zero-order chi connectivity index (χ0) is 34.8. The third-order valence-corrected chi connectivity index (χ3v) is 15.8. The molecule has 0 aromatic heterocycles. The molecule has 3 heterocycles. The molecular formula is C37H56O11. The molecule has 3 aliphatic heterocycles. The highest BCUT2D eigenvalue weighted by atomic mass is 16.7. The van der Waals surface area contributed by atoms with Gasteiger partial charge in [-0.3, -0.25) is 4.79 Å². The van der Waals surface area contributed by atoms with Crippen LogP contribution in [0.2, 0.25) is 0 Å². The normalized spacial score (nSPS) is 58.7. The second-order valence-electron chi connectivity index (χ2n) is 18.5. The minimum absolute atomic E-state index is 0.0107. The van der Waals surface area contributed by atoms with E-state index in [-0.39, 0.29) is 64.9 Å². The summed E-state index contributed by atoms with van der Waals surface area (Å²) in [5.41, 5.74) is -0.907. The van der Waals surface area contributed by atoms with Crippen molar-refractivity contribution in [2.75, 3.05) is 6.61 Å². The highest BCUT2D eigenvalue weighted by Gasteiger charge is 2.85. The van der Waals surface area contributed by atoms with Gasteiger partial charge in [-0.1, -0.05) is 46.3 Å². The first kappa shape index (κ1) is 34.0. The van der Waals surface area contributed by atoms with Crippen molar-refractivity contribution in [1.29, 1.82) is 0 Å². The zero-order valence-corrected chi connectivity index (χ0v) is 29.6. The molecule has 5 aliphatic carbocycles. The molecule has 7 fully saturated rings. The smallest absolute Gasteiger partial charge is 0.302 e. The van der Waals surface area contributed by atoms with E-state index in [0.29, 0.717) is 6.42 Å². The molecule has 4 saturated carbocycles. The van der Waals surface area contributed by atoms with Gasteiger partial charge >= 0.3 is 5.97 Å². The molecule has 8 aliphatic rings. The SMILES string of the molecule is CC(=O)O[C@@H]1C[C@@]23C[C@@]24CC[C@H](O[C@@H]2OC[C@H](O)[C@H](O)[C@H]2O)C(C)(C)C4CC=C3[C@]2(C)C[C@@H]3O[C@@]4(O)[C@H](OC(C)(C)[C@H]4O)[C@@H](C)[C@@H]3[C@@]12C. The molecule has 5 N–H and O–H groups in total. The standard InChI is InChI=1S/C37H56O11/c1-17-25-20(47-37(43)28(17)48-32(5,6)30(37)42)13-33(7)22-10-9-21-31(3,4)23(46-29-27(41)26(40)19(39)15-44-29)11-12-35(21)16-36(22,35)14-24(34(25,33)8)45-18(2)38/h10,17,19-21,23-30,39-43H,9,11-16H2,1-8H3/t17-,19-,20-,21?,23-,24+,25-,26-,27+,28+,29-,30+,33-,34+,35+,36-,37-/m0/s1. The third kappa shape index (κ3) is 3.89. The van der Waals surface area contributed by atoms with Crippen molar-refractivity contribution in [2.24, 2.45) is 44.8 Å². The minimum Gasteiger partial charge on any atom is -0.462 e. The van der Waals surface area contributed by atoms with Crippen LogP contribution >= 0.6 is 0 Å². The van der Waals surface area contributed by atoms with Gasteiger partial charge in [-0.25, -0.2) is 0 Å². The lowest BCUT2D eigenvalue weighted by Gasteiger charge is -2.62. The van der Waals surface area contributed by atoms with Gasteiger partial charge in [0, 0.05) is 29.1 Å². The van der Waals surface area contributed by atoms with E-state index < -0.39 is 59.0 Å². The summed E-state index contributed by atoms with van der Waals surface area (Å²) in [6.45, 7) is 16.1. The highest BCUT2D eigenvalue weighted by Crippen LogP contribution is 2.88. The molecule has 270 valence electrons. The largest absolute Gasteiger partial charge is 0.462 e. The Bertz CT molecular complexity index is 1410. The van der Waals surface area contributed by atoms with Gasteiger partial charge in [0.2, 0.25) is 5.79 Å². The monoisotopic (exact) mass is 676 g/mol. The number of aliphatic hydroxyl groups is 5. The lowest BCUT2D eigenvalue weighted by molar-refractivity contribution is -0.329. The van der Waals surface area contributed by atoms with E-state index in [0.717, 1.165) is 32.1 Å². The van der Waals surface area contributed by atoms with Crippen molar-refractivity contribution in [1.82, 2.24) is 0 Å². The second-order valence-corrected chi connectivity index (χ2v) is 18.5. The van der Waals surface area contributed by atoms with Gasteiger partial charge in [0.05, 0.1) is 24.4 Å². The van der Waals surface area contributed by atoms with Gasteiger partial charge in [-0.2, -0.15) is 0 Å². The van der Waals surface area contributed by atoms with Crippen molar-refractivity contribution < 1.29 is 54.0 Å². The highest BCUT2D eigenvalue weighted by molar-refractivity contribution is 5.66. The Kier molecular flexibility index (Phi) is 7.10. The maximum absolute atomic E-state index is 12.9. The van der Waals surface area contributed by atoms with Gasteiger partial charge in [-0.05, 0) is 75.0 Å². The Morgan fingerprint density at radius 1 is 0.979 bits per heavy atom. The number of allylic oxidation sites excluding steroid dienone is 2. The first-order valence-corrected chi connectivity index (χ1v) is 18.2. The lowest BCUT2D eigenvalue weighted by Crippen LogP contribution is -2.64. The topological polar surface area (TPSA) is 164 Å². The van der Waals surface area contributed by atoms with E-state index in [2.05, 4.69) is 40.7 Å². The fraction of sp³-hybridized carbons (Fsp3) is 0.919. The van der Waals surface area contributed by atoms with Crippen LogP contribution in [0.25, 0.3) is 0 Å². The number of carbonyl (C=O) groups excluding carboxylic acids is 1. The molecule has 0 radical (unpaired) electrons. The van der Waals surface area contributed by atoms with Crippen LogP contribution in [-0.4, -0.2) is 105 Å². The van der Waals surface area contributed by atoms with Crippen LogP contribution in [0.15, 0.2) is 11.6 Å². The summed E-state index contributed by atoms with van der Waals surface area (Å²) in [4.78, 5) is 12.9. The van der Waals surface area contributed by atoms with Crippen LogP contribution in [0.1, 0.15) is 93.9 Å². The predicted molar refractivity (Wildman–Crippen MR) is 170 cm³/mol. The molecular weight excluding hydrogens is 620 g/mol. The number of rotatable bonds is 3. The van der Waals surface area contributed by atoms with E-state index in [1.807, 2.05) is 0 Å². The van der Waals surface area contributed by atoms with Gasteiger partial charge < -0.3 is 49.2 Å². The molecule has 8 rings (SSSR count). The zero-order valence-electron chi connectivity index (χ0n) is 29.6. The van der Waals surface area contributed by atoms with Crippen LogP contribution in [0.3, 0.4) is 0 Å². The number of ether oxygens (including phenoxy) is 5. The summed E-state index contributed by atoms with van der Waals surface area (Å²) >= 11 is 0. The fourth-order valence-corrected chi connectivity index (χ4v) is 13.5. The molecule has 2 spiro atoms. The summed E-state index contributed by atoms with van der Waals surface area (Å²) in [6, 6.07) is 0. The van der Waals surface area contributed by atoms with Crippen LogP contribution in [-0.2, 0) is 28.5 Å². The molecule has 0 aromatic rings. The Balaban J connectivity index is 1.15. The van der Waals surface area contributed by atoms with E-state index in [4.69, 9.17) is 23.7 Å². The first-order chi connectivity index (χ1) is 22.2. The number of aliphatic hydroxyl groups excluding tert-OH is 4. The Morgan fingerprint density at radius 3 is 2.38 bits per heavy atom. The summed E-state index contributed by atoms with van der Waals surface area (Å²) in [6.07, 6.45) is -0.377. The third-order valence-electron chi connectivity index (χ3n) is 15.8. The minimum atomic E-state index is -1.82. The number of esters is 1. The van der Waals surface area contributed by atoms with Gasteiger partial charge in [0.1, 0.15) is 36.6 Å². The molecule has 0 amide bonds. The molecule has 0 aromatic carbocycles. The predicted octanol–water partition coefficient (Wildman–Crippen LogP) is 2.58. The maximum Gasteiger partial charge on any atom is 0.302 e. The molecule has 11 nitrogen and oxygen atoms in total. The first-order valence-electron chi connectivity index (χ1n) is 18.2. The summed E-state index contributed by atoms with van der Waals surface area (Å²) in [7, 11) is 0. The average molecular weight is 677 g/mol. The summed E-state index contributed by atoms with van der Waals surface area (Å²) in [5, 5.41) is 54.0. The maximum atomic E-state index is 12.9. The van der Waals surface area contributed by atoms with Gasteiger partial charge in [0.25, 0.3) is 0 Å². The van der Waals surface area contributed by atoms with Crippen molar-refractivity contribution in [3.05, 3.63) is 11.6 Å². The van der Waals surface area contributed by atoms with Crippen molar-refractivity contribution >= 4 is 5.97 Å². The van der Waals surface area contributed by atoms with Crippen molar-refractivity contribution in [3.63, 3.8) is 0 Å². The quantitative estimate of drug-likeness (QED) is 0.221. The average Bonchev–Trinajstić information content (AvgIpc) is 3.52. The Morgan fingerprint density at radius 2 is 1.69 bits per heavy atom. The van der Waals surface area contributed by atoms with Crippen LogP contribution < -0.4 is 0 Å². The van der Waals surface area contributed by atoms with E-state index in [1.54, 1.807) is 13.8 Å². The van der Waals surface area contributed by atoms with Crippen molar-refractivity contribution in [3.8, 4) is 0 Å². The number of hydrogen-bond acceptors (Lipinski definition) is 11. The van der Waals surface area contributed by atoms with E-state index >= 15 is 0 Å². The van der Waals surface area contributed by atoms with E-state index in [9.17, 15) is 30.3 Å². The molecule has 48 heavy (non-hydrogen) atoms. The summed E-state index contributed by atoms with van der Waals surface area (Å²) in [5.74, 6) is -2.11. The Hall–Kier alpha value is -1.15. The molecule has 3 saturated heterocycles. The van der Waals surface area contributed by atoms with Gasteiger partial charge in [0.15, 0.2) is 6.29 Å². The van der Waals surface area contributed by atoms with Crippen LogP contribution in [0, 0.1) is 44.8 Å². The van der Waals surface area contributed by atoms with Crippen LogP contribution in [0.4, 0.5) is 0 Å². The molecule has 17 atom stereocenters. The number of hydrogen-bond donors (Lipinski definition) is 5. The molecule has 1 unspecified atom stereocenters. The van der Waals surface area contributed by atoms with Gasteiger partial charge in [-0.15, -0.1) is 0 Å². The second kappa shape index (κ2) is 10.0. The molecule has 11 heteroatoms. The number of carbonyl (C=O) groups is 1. The number of fused-ring (bicyclic) bond motifs is 5. The van der Waals surface area contributed by atoms with Crippen LogP contribution in [0.5, 0.6) is 0 Å². The Labute approximate surface area is 283 Å². The summed E-state index contributed by atoms with van der Waals surface area (Å²) < 4.78 is 31.5. The van der Waals surface area contributed by atoms with E-state index in [1.165, 1.54) is 12.5 Å². The lowest BCUT2D eigenvalue weighted by atomic mass is 9.44.